The minimum absolute atomic E-state index is 0.0763. The van der Waals surface area contributed by atoms with Crippen molar-refractivity contribution in [2.75, 3.05) is 0 Å². The van der Waals surface area contributed by atoms with E-state index in [1.165, 1.54) is 0 Å². The average molecular weight is 329 g/mol. The molecule has 0 radical (unpaired) electrons. The van der Waals surface area contributed by atoms with E-state index in [-0.39, 0.29) is 11.9 Å². The van der Waals surface area contributed by atoms with Crippen LogP contribution in [0.4, 0.5) is 0 Å². The number of hydrogen-bond donors (Lipinski definition) is 2. The lowest BCUT2D eigenvalue weighted by atomic mass is 9.76. The van der Waals surface area contributed by atoms with Crippen LogP contribution < -0.4 is 11.1 Å². The van der Waals surface area contributed by atoms with Crippen LogP contribution in [0.25, 0.3) is 0 Å². The Bertz CT molecular complexity index is 535. The molecule has 116 valence electrons. The lowest BCUT2D eigenvalue weighted by Crippen LogP contribution is -2.56. The predicted octanol–water partition coefficient (Wildman–Crippen LogP) is 4.08. The van der Waals surface area contributed by atoms with Gasteiger partial charge >= 0.3 is 0 Å². The van der Waals surface area contributed by atoms with E-state index in [1.807, 2.05) is 13.0 Å². The van der Waals surface area contributed by atoms with Gasteiger partial charge in [0.15, 0.2) is 0 Å². The van der Waals surface area contributed by atoms with Crippen LogP contribution in [-0.4, -0.2) is 11.4 Å². The first kappa shape index (κ1) is 16.6. The molecule has 1 fully saturated rings. The maximum absolute atomic E-state index is 12.5. The highest BCUT2D eigenvalue weighted by atomic mass is 35.5. The molecule has 2 rings (SSSR count). The van der Waals surface area contributed by atoms with Crippen molar-refractivity contribution in [3.05, 3.63) is 33.8 Å². The molecule has 0 spiro atoms. The Hall–Kier alpha value is -0.770. The van der Waals surface area contributed by atoms with Gasteiger partial charge in [-0.1, -0.05) is 49.0 Å². The van der Waals surface area contributed by atoms with Gasteiger partial charge in [-0.3, -0.25) is 4.79 Å². The minimum Gasteiger partial charge on any atom is -0.348 e. The number of nitrogens with two attached hydrogens (primary N) is 1. The summed E-state index contributed by atoms with van der Waals surface area (Å²) in [5, 5.41) is 4.01. The molecule has 1 saturated carbocycles. The summed E-state index contributed by atoms with van der Waals surface area (Å²) in [6.45, 7) is 4.07. The van der Waals surface area contributed by atoms with Gasteiger partial charge in [0, 0.05) is 0 Å². The first-order valence-corrected chi connectivity index (χ1v) is 8.12. The van der Waals surface area contributed by atoms with Gasteiger partial charge in [-0.05, 0) is 43.4 Å². The molecular formula is C16H22Cl2N2O. The van der Waals surface area contributed by atoms with Crippen LogP contribution in [0.1, 0.15) is 51.1 Å². The van der Waals surface area contributed by atoms with Gasteiger partial charge in [0.05, 0.1) is 21.6 Å². The highest BCUT2D eigenvalue weighted by Gasteiger charge is 2.38. The fraction of sp³-hybridized carbons (Fsp3) is 0.562. The topological polar surface area (TPSA) is 55.1 Å². The van der Waals surface area contributed by atoms with Gasteiger partial charge < -0.3 is 11.1 Å². The third-order valence-electron chi connectivity index (χ3n) is 4.28. The minimum atomic E-state index is -0.748. The molecule has 0 heterocycles. The SMILES string of the molecule is CC1CCCC(N)(C(=O)NC(C)c2ccc(Cl)c(Cl)c2)C1. The van der Waals surface area contributed by atoms with Gasteiger partial charge in [-0.2, -0.15) is 0 Å². The molecule has 1 amide bonds. The maximum Gasteiger partial charge on any atom is 0.240 e. The Morgan fingerprint density at radius 2 is 2.14 bits per heavy atom. The number of rotatable bonds is 3. The quantitative estimate of drug-likeness (QED) is 0.878. The van der Waals surface area contributed by atoms with Gasteiger partial charge in [0.1, 0.15) is 0 Å². The van der Waals surface area contributed by atoms with Gasteiger partial charge in [0.25, 0.3) is 0 Å². The third-order valence-corrected chi connectivity index (χ3v) is 5.02. The molecule has 3 unspecified atom stereocenters. The van der Waals surface area contributed by atoms with Gasteiger partial charge in [0.2, 0.25) is 5.91 Å². The molecule has 3 atom stereocenters. The highest BCUT2D eigenvalue weighted by Crippen LogP contribution is 2.31. The second-order valence-electron chi connectivity index (χ2n) is 6.23. The average Bonchev–Trinajstić information content (AvgIpc) is 2.41. The first-order chi connectivity index (χ1) is 9.82. The Kier molecular flexibility index (Phi) is 5.18. The van der Waals surface area contributed by atoms with E-state index in [0.717, 1.165) is 31.2 Å². The fourth-order valence-corrected chi connectivity index (χ4v) is 3.31. The third kappa shape index (κ3) is 3.91. The van der Waals surface area contributed by atoms with Crippen LogP contribution in [0.5, 0.6) is 0 Å². The van der Waals surface area contributed by atoms with Gasteiger partial charge in [-0.25, -0.2) is 0 Å². The Morgan fingerprint density at radius 1 is 1.43 bits per heavy atom. The summed E-state index contributed by atoms with van der Waals surface area (Å²) in [4.78, 5) is 12.5. The van der Waals surface area contributed by atoms with Crippen LogP contribution in [0.15, 0.2) is 18.2 Å². The number of halogens is 2. The second-order valence-corrected chi connectivity index (χ2v) is 7.04. The molecule has 0 bridgehead atoms. The number of carbonyl (C=O) groups is 1. The van der Waals surface area contributed by atoms with E-state index in [2.05, 4.69) is 12.2 Å². The summed E-state index contributed by atoms with van der Waals surface area (Å²) < 4.78 is 0. The summed E-state index contributed by atoms with van der Waals surface area (Å²) in [6.07, 6.45) is 3.64. The van der Waals surface area contributed by atoms with E-state index >= 15 is 0 Å². The second kappa shape index (κ2) is 6.55. The molecule has 1 aliphatic rings. The van der Waals surface area contributed by atoms with E-state index in [4.69, 9.17) is 28.9 Å². The van der Waals surface area contributed by atoms with Crippen molar-refractivity contribution in [3.63, 3.8) is 0 Å². The number of carbonyl (C=O) groups excluding carboxylic acids is 1. The van der Waals surface area contributed by atoms with E-state index < -0.39 is 5.54 Å². The van der Waals surface area contributed by atoms with Crippen LogP contribution in [0.3, 0.4) is 0 Å². The first-order valence-electron chi connectivity index (χ1n) is 7.36. The van der Waals surface area contributed by atoms with Crippen LogP contribution >= 0.6 is 23.2 Å². The molecule has 3 nitrogen and oxygen atoms in total. The van der Waals surface area contributed by atoms with Crippen molar-refractivity contribution >= 4 is 29.1 Å². The van der Waals surface area contributed by atoms with Crippen molar-refractivity contribution in [2.24, 2.45) is 11.7 Å². The zero-order valence-corrected chi connectivity index (χ0v) is 14.0. The lowest BCUT2D eigenvalue weighted by molar-refractivity contribution is -0.128. The molecule has 5 heteroatoms. The molecule has 0 saturated heterocycles. The van der Waals surface area contributed by atoms with Crippen molar-refractivity contribution in [1.82, 2.24) is 5.32 Å². The standard InChI is InChI=1S/C16H22Cl2N2O/c1-10-4-3-7-16(19,9-10)15(21)20-11(2)12-5-6-13(17)14(18)8-12/h5-6,8,10-11H,3-4,7,9,19H2,1-2H3,(H,20,21). The molecule has 1 aromatic rings. The number of amides is 1. The van der Waals surface area contributed by atoms with Crippen molar-refractivity contribution in [2.45, 2.75) is 51.1 Å². The number of nitrogens with one attached hydrogen (secondary N) is 1. The molecule has 0 aliphatic heterocycles. The Morgan fingerprint density at radius 3 is 2.76 bits per heavy atom. The Labute approximate surface area is 136 Å². The normalized spacial score (nSPS) is 27.2. The van der Waals surface area contributed by atoms with E-state index in [0.29, 0.717) is 16.0 Å². The zero-order chi connectivity index (χ0) is 15.6. The van der Waals surface area contributed by atoms with E-state index in [9.17, 15) is 4.79 Å². The molecule has 21 heavy (non-hydrogen) atoms. The van der Waals surface area contributed by atoms with Crippen LogP contribution in [0.2, 0.25) is 10.0 Å². The van der Waals surface area contributed by atoms with Crippen LogP contribution in [-0.2, 0) is 4.79 Å². The largest absolute Gasteiger partial charge is 0.348 e. The van der Waals surface area contributed by atoms with Crippen molar-refractivity contribution in [1.29, 1.82) is 0 Å². The summed E-state index contributed by atoms with van der Waals surface area (Å²) in [5.41, 5.74) is 6.49. The number of hydrogen-bond acceptors (Lipinski definition) is 2. The summed E-state index contributed by atoms with van der Waals surface area (Å²) >= 11 is 11.9. The predicted molar refractivity (Wildman–Crippen MR) is 87.6 cm³/mol. The Balaban J connectivity index is 2.06. The molecule has 1 aliphatic carbocycles. The summed E-state index contributed by atoms with van der Waals surface area (Å²) in [6, 6.07) is 5.24. The van der Waals surface area contributed by atoms with Crippen molar-refractivity contribution < 1.29 is 4.79 Å². The highest BCUT2D eigenvalue weighted by molar-refractivity contribution is 6.42. The maximum atomic E-state index is 12.5. The number of benzene rings is 1. The summed E-state index contributed by atoms with van der Waals surface area (Å²) in [7, 11) is 0. The molecule has 3 N–H and O–H groups in total. The monoisotopic (exact) mass is 328 g/mol. The van der Waals surface area contributed by atoms with E-state index in [1.54, 1.807) is 12.1 Å². The molecular weight excluding hydrogens is 307 g/mol. The lowest BCUT2D eigenvalue weighted by Gasteiger charge is -2.36. The van der Waals surface area contributed by atoms with Crippen LogP contribution in [0, 0.1) is 5.92 Å². The molecule has 1 aromatic carbocycles. The van der Waals surface area contributed by atoms with Crippen molar-refractivity contribution in [3.8, 4) is 0 Å². The summed E-state index contributed by atoms with van der Waals surface area (Å²) in [5.74, 6) is 0.419. The zero-order valence-electron chi connectivity index (χ0n) is 12.5. The van der Waals surface area contributed by atoms with Gasteiger partial charge in [-0.15, -0.1) is 0 Å². The molecule has 0 aromatic heterocycles. The smallest absolute Gasteiger partial charge is 0.240 e. The fourth-order valence-electron chi connectivity index (χ4n) is 3.00.